The Hall–Kier alpha value is -3.28. The Kier molecular flexibility index (Phi) is 7.28. The molecule has 3 aromatic carbocycles. The van der Waals surface area contributed by atoms with E-state index in [1.165, 1.54) is 22.3 Å². The third kappa shape index (κ3) is 5.38. The molecule has 0 radical (unpaired) electrons. The standard InChI is InChI=1S/C27H27NO/c1-4-20-28(22(2)23-15-17-26(29-3)18-16-23)21-19-27(24-11-7-5-8-12-24)25-13-9-6-10-14-25/h1,5-19,22H,20-21H2,2-3H3/t22-/m1/s1. The van der Waals surface area contributed by atoms with Crippen molar-refractivity contribution in [3.63, 3.8) is 0 Å². The predicted octanol–water partition coefficient (Wildman–Crippen LogP) is 5.82. The number of hydrogen-bond donors (Lipinski definition) is 0. The maximum absolute atomic E-state index is 5.69. The number of nitrogens with zero attached hydrogens (tertiary/aromatic N) is 1. The maximum Gasteiger partial charge on any atom is 0.118 e. The lowest BCUT2D eigenvalue weighted by Gasteiger charge is -2.27. The Bertz CT molecular complexity index is 911. The van der Waals surface area contributed by atoms with Crippen molar-refractivity contribution < 1.29 is 4.74 Å². The van der Waals surface area contributed by atoms with Gasteiger partial charge in [0.2, 0.25) is 0 Å². The molecule has 0 aliphatic rings. The Morgan fingerprint density at radius 1 is 0.931 bits per heavy atom. The summed E-state index contributed by atoms with van der Waals surface area (Å²) in [5.74, 6) is 3.68. The lowest BCUT2D eigenvalue weighted by molar-refractivity contribution is 0.264. The van der Waals surface area contributed by atoms with Crippen LogP contribution in [-0.2, 0) is 0 Å². The zero-order valence-corrected chi connectivity index (χ0v) is 17.1. The highest BCUT2D eigenvalue weighted by atomic mass is 16.5. The van der Waals surface area contributed by atoms with Gasteiger partial charge in [0.25, 0.3) is 0 Å². The zero-order valence-electron chi connectivity index (χ0n) is 17.1. The molecule has 0 unspecified atom stereocenters. The van der Waals surface area contributed by atoms with Gasteiger partial charge in [0.15, 0.2) is 0 Å². The quantitative estimate of drug-likeness (QED) is 0.456. The van der Waals surface area contributed by atoms with Gasteiger partial charge in [0, 0.05) is 12.6 Å². The first kappa shape index (κ1) is 20.5. The van der Waals surface area contributed by atoms with Crippen molar-refractivity contribution in [2.24, 2.45) is 0 Å². The van der Waals surface area contributed by atoms with Crippen molar-refractivity contribution >= 4 is 5.57 Å². The molecule has 0 N–H and O–H groups in total. The molecule has 0 fully saturated rings. The maximum atomic E-state index is 5.69. The van der Waals surface area contributed by atoms with E-state index < -0.39 is 0 Å². The first-order valence-corrected chi connectivity index (χ1v) is 9.85. The molecule has 0 aliphatic heterocycles. The fourth-order valence-corrected chi connectivity index (χ4v) is 3.42. The third-order valence-electron chi connectivity index (χ3n) is 5.14. The molecule has 146 valence electrons. The van der Waals surface area contributed by atoms with Crippen LogP contribution in [-0.4, -0.2) is 25.1 Å². The van der Waals surface area contributed by atoms with E-state index in [1.807, 2.05) is 24.3 Å². The van der Waals surface area contributed by atoms with Crippen LogP contribution in [0.4, 0.5) is 0 Å². The second-order valence-electron chi connectivity index (χ2n) is 6.93. The summed E-state index contributed by atoms with van der Waals surface area (Å²) in [6.07, 6.45) is 7.97. The van der Waals surface area contributed by atoms with Crippen molar-refractivity contribution in [3.8, 4) is 18.1 Å². The van der Waals surface area contributed by atoms with Crippen molar-refractivity contribution in [2.75, 3.05) is 20.2 Å². The molecule has 0 saturated carbocycles. The number of terminal acetylenes is 1. The minimum atomic E-state index is 0.195. The summed E-state index contributed by atoms with van der Waals surface area (Å²) >= 11 is 0. The molecular formula is C27H27NO. The van der Waals surface area contributed by atoms with Crippen LogP contribution in [0.25, 0.3) is 5.57 Å². The largest absolute Gasteiger partial charge is 0.497 e. The molecule has 29 heavy (non-hydrogen) atoms. The second kappa shape index (κ2) is 10.3. The molecule has 0 bridgehead atoms. The molecule has 2 heteroatoms. The summed E-state index contributed by atoms with van der Waals surface area (Å²) in [5.41, 5.74) is 4.85. The molecule has 2 nitrogen and oxygen atoms in total. The predicted molar refractivity (Wildman–Crippen MR) is 122 cm³/mol. The number of rotatable bonds is 8. The lowest BCUT2D eigenvalue weighted by atomic mass is 9.97. The minimum absolute atomic E-state index is 0.195. The van der Waals surface area contributed by atoms with Crippen LogP contribution in [0.2, 0.25) is 0 Å². The average molecular weight is 382 g/mol. The third-order valence-corrected chi connectivity index (χ3v) is 5.14. The molecule has 0 spiro atoms. The minimum Gasteiger partial charge on any atom is -0.497 e. The van der Waals surface area contributed by atoms with E-state index in [9.17, 15) is 0 Å². The van der Waals surface area contributed by atoms with Crippen molar-refractivity contribution in [2.45, 2.75) is 13.0 Å². The number of ether oxygens (including phenoxy) is 1. The monoisotopic (exact) mass is 381 g/mol. The summed E-state index contributed by atoms with van der Waals surface area (Å²) in [7, 11) is 1.68. The lowest BCUT2D eigenvalue weighted by Crippen LogP contribution is -2.28. The van der Waals surface area contributed by atoms with Gasteiger partial charge in [-0.3, -0.25) is 4.90 Å². The van der Waals surface area contributed by atoms with Gasteiger partial charge < -0.3 is 4.74 Å². The van der Waals surface area contributed by atoms with E-state index in [0.29, 0.717) is 6.54 Å². The second-order valence-corrected chi connectivity index (χ2v) is 6.93. The fraction of sp³-hybridized carbons (Fsp3) is 0.185. The number of methoxy groups -OCH3 is 1. The van der Waals surface area contributed by atoms with Crippen LogP contribution in [0, 0.1) is 12.3 Å². The van der Waals surface area contributed by atoms with E-state index in [4.69, 9.17) is 11.2 Å². The zero-order chi connectivity index (χ0) is 20.5. The first-order chi connectivity index (χ1) is 14.2. The van der Waals surface area contributed by atoms with Gasteiger partial charge in [-0.15, -0.1) is 6.42 Å². The van der Waals surface area contributed by atoms with Gasteiger partial charge in [0.05, 0.1) is 13.7 Å². The smallest absolute Gasteiger partial charge is 0.118 e. The van der Waals surface area contributed by atoms with Crippen molar-refractivity contribution in [1.29, 1.82) is 0 Å². The molecule has 0 saturated heterocycles. The van der Waals surface area contributed by atoms with Gasteiger partial charge >= 0.3 is 0 Å². The van der Waals surface area contributed by atoms with Crippen LogP contribution in [0.5, 0.6) is 5.75 Å². The number of benzene rings is 3. The van der Waals surface area contributed by atoms with Gasteiger partial charge in [-0.1, -0.05) is 84.8 Å². The SMILES string of the molecule is C#CCN(CC=C(c1ccccc1)c1ccccc1)[C@H](C)c1ccc(OC)cc1. The van der Waals surface area contributed by atoms with Gasteiger partial charge in [-0.2, -0.15) is 0 Å². The van der Waals surface area contributed by atoms with Gasteiger partial charge in [0.1, 0.15) is 5.75 Å². The molecule has 3 rings (SSSR count). The summed E-state index contributed by atoms with van der Waals surface area (Å²) in [6, 6.07) is 29.4. The Morgan fingerprint density at radius 3 is 1.97 bits per heavy atom. The Balaban J connectivity index is 1.88. The Labute approximate surface area is 174 Å². The van der Waals surface area contributed by atoms with Crippen molar-refractivity contribution in [1.82, 2.24) is 4.90 Å². The van der Waals surface area contributed by atoms with Crippen LogP contribution < -0.4 is 4.74 Å². The molecule has 1 atom stereocenters. The summed E-state index contributed by atoms with van der Waals surface area (Å²) in [4.78, 5) is 2.30. The Morgan fingerprint density at radius 2 is 1.48 bits per heavy atom. The number of hydrogen-bond acceptors (Lipinski definition) is 2. The van der Waals surface area contributed by atoms with Gasteiger partial charge in [-0.25, -0.2) is 0 Å². The first-order valence-electron chi connectivity index (χ1n) is 9.85. The van der Waals surface area contributed by atoms with Gasteiger partial charge in [-0.05, 0) is 41.3 Å². The van der Waals surface area contributed by atoms with Crippen molar-refractivity contribution in [3.05, 3.63) is 108 Å². The molecule has 0 amide bonds. The topological polar surface area (TPSA) is 12.5 Å². The summed E-state index contributed by atoms with van der Waals surface area (Å²) < 4.78 is 5.28. The average Bonchev–Trinajstić information content (AvgIpc) is 2.79. The van der Waals surface area contributed by atoms with Crippen LogP contribution in [0.15, 0.2) is 91.0 Å². The highest BCUT2D eigenvalue weighted by molar-refractivity contribution is 5.79. The molecule has 0 aliphatic carbocycles. The van der Waals surface area contributed by atoms with Crippen LogP contribution >= 0.6 is 0 Å². The molecular weight excluding hydrogens is 354 g/mol. The van der Waals surface area contributed by atoms with E-state index >= 15 is 0 Å². The molecule has 0 aromatic heterocycles. The van der Waals surface area contributed by atoms with E-state index in [0.717, 1.165) is 12.3 Å². The van der Waals surface area contributed by atoms with Crippen LogP contribution in [0.1, 0.15) is 29.7 Å². The molecule has 0 heterocycles. The van der Waals surface area contributed by atoms with E-state index in [2.05, 4.69) is 84.5 Å². The summed E-state index contributed by atoms with van der Waals surface area (Å²) in [5, 5.41) is 0. The highest BCUT2D eigenvalue weighted by Gasteiger charge is 2.15. The molecule has 3 aromatic rings. The highest BCUT2D eigenvalue weighted by Crippen LogP contribution is 2.26. The van der Waals surface area contributed by atoms with E-state index in [1.54, 1.807) is 7.11 Å². The van der Waals surface area contributed by atoms with E-state index in [-0.39, 0.29) is 6.04 Å². The summed E-state index contributed by atoms with van der Waals surface area (Å²) in [6.45, 7) is 3.54. The normalized spacial score (nSPS) is 11.5. The van der Waals surface area contributed by atoms with Crippen LogP contribution in [0.3, 0.4) is 0 Å². The fourth-order valence-electron chi connectivity index (χ4n) is 3.42.